The summed E-state index contributed by atoms with van der Waals surface area (Å²) in [6.07, 6.45) is -1.24. The zero-order valence-electron chi connectivity index (χ0n) is 13.9. The molecule has 23 heavy (non-hydrogen) atoms. The van der Waals surface area contributed by atoms with Crippen molar-refractivity contribution in [2.75, 3.05) is 0 Å². The lowest BCUT2D eigenvalue weighted by Crippen LogP contribution is -2.55. The Kier molecular flexibility index (Phi) is 3.34. The molecule has 0 radical (unpaired) electrons. The lowest BCUT2D eigenvalue weighted by molar-refractivity contribution is -0.234. The third-order valence-electron chi connectivity index (χ3n) is 4.19. The fourth-order valence-corrected chi connectivity index (χ4v) is 3.45. The highest BCUT2D eigenvalue weighted by molar-refractivity contribution is 5.02. The third kappa shape index (κ3) is 2.78. The van der Waals surface area contributed by atoms with Crippen LogP contribution in [-0.2, 0) is 30.1 Å². The average Bonchev–Trinajstić information content (AvgIpc) is 3.04. The van der Waals surface area contributed by atoms with Crippen LogP contribution in [0.15, 0.2) is 4.42 Å². The van der Waals surface area contributed by atoms with Crippen LogP contribution in [0.3, 0.4) is 0 Å². The molecule has 0 spiro atoms. The molecule has 8 heteroatoms. The van der Waals surface area contributed by atoms with Gasteiger partial charge in [-0.3, -0.25) is 0 Å². The normalized spacial score (nSPS) is 40.8. The highest BCUT2D eigenvalue weighted by Gasteiger charge is 2.60. The fraction of sp³-hybridized carbons (Fsp3) is 0.867. The van der Waals surface area contributed by atoms with Gasteiger partial charge in [-0.1, -0.05) is 0 Å². The predicted octanol–water partition coefficient (Wildman–Crippen LogP) is 1.32. The first-order valence-corrected chi connectivity index (χ1v) is 7.88. The lowest BCUT2D eigenvalue weighted by Gasteiger charge is -2.36. The molecule has 3 aliphatic heterocycles. The van der Waals surface area contributed by atoms with Crippen LogP contribution in [0.4, 0.5) is 0 Å². The van der Waals surface area contributed by atoms with Crippen molar-refractivity contribution in [3.63, 3.8) is 0 Å². The second kappa shape index (κ2) is 4.97. The number of nitrogens with zero attached hydrogens (tertiary/aromatic N) is 2. The molecule has 0 saturated carbocycles. The summed E-state index contributed by atoms with van der Waals surface area (Å²) < 4.78 is 35.5. The maximum Gasteiger partial charge on any atom is 0.219 e. The minimum Gasteiger partial charge on any atom is -0.425 e. The summed E-state index contributed by atoms with van der Waals surface area (Å²) in [6, 6.07) is 0. The van der Waals surface area contributed by atoms with E-state index in [-0.39, 0.29) is 24.4 Å². The molecule has 0 amide bonds. The SMILES string of the molecule is Cc1nnc(C[C@H]2O[C@@H]3OC(C)(C)O[C@@H]3[C@H]3OC(C)(C)O[C@H]32)o1. The van der Waals surface area contributed by atoms with Gasteiger partial charge in [0.05, 0.1) is 12.5 Å². The Balaban J connectivity index is 1.60. The Bertz CT molecular complexity index is 601. The molecule has 3 fully saturated rings. The van der Waals surface area contributed by atoms with E-state index in [0.717, 1.165) is 0 Å². The van der Waals surface area contributed by atoms with Crippen molar-refractivity contribution in [1.82, 2.24) is 10.2 Å². The highest BCUT2D eigenvalue weighted by Crippen LogP contribution is 2.44. The van der Waals surface area contributed by atoms with Crippen LogP contribution in [0.5, 0.6) is 0 Å². The molecule has 0 unspecified atom stereocenters. The van der Waals surface area contributed by atoms with E-state index in [2.05, 4.69) is 10.2 Å². The molecule has 0 N–H and O–H groups in total. The first kappa shape index (κ1) is 15.5. The van der Waals surface area contributed by atoms with Crippen LogP contribution in [0.1, 0.15) is 39.5 Å². The van der Waals surface area contributed by atoms with E-state index in [1.807, 2.05) is 27.7 Å². The minimum atomic E-state index is -0.716. The summed E-state index contributed by atoms with van der Waals surface area (Å²) in [7, 11) is 0. The maximum atomic E-state index is 6.09. The summed E-state index contributed by atoms with van der Waals surface area (Å²) in [5, 5.41) is 7.89. The number of fused-ring (bicyclic) bond motifs is 3. The Labute approximate surface area is 134 Å². The van der Waals surface area contributed by atoms with Crippen molar-refractivity contribution in [2.45, 2.75) is 83.3 Å². The standard InChI is InChI=1S/C15H22N2O6/c1-7-16-17-9(18-7)6-8-10-11(21-14(2,3)20-10)12-13(19-8)23-15(4,5)22-12/h8,10-13H,6H2,1-5H3/t8-,10+,11+,12-,13-/m1/s1. The molecule has 8 nitrogen and oxygen atoms in total. The van der Waals surface area contributed by atoms with E-state index in [9.17, 15) is 0 Å². The quantitative estimate of drug-likeness (QED) is 0.804. The number of ether oxygens (including phenoxy) is 5. The minimum absolute atomic E-state index is 0.264. The van der Waals surface area contributed by atoms with Crippen molar-refractivity contribution in [1.29, 1.82) is 0 Å². The van der Waals surface area contributed by atoms with Crippen molar-refractivity contribution >= 4 is 0 Å². The van der Waals surface area contributed by atoms with E-state index >= 15 is 0 Å². The molecule has 0 bridgehead atoms. The number of hydrogen-bond donors (Lipinski definition) is 0. The van der Waals surface area contributed by atoms with Crippen LogP contribution in [0.2, 0.25) is 0 Å². The average molecular weight is 326 g/mol. The second-order valence-corrected chi connectivity index (χ2v) is 7.13. The summed E-state index contributed by atoms with van der Waals surface area (Å²) in [5.74, 6) is -0.384. The molecule has 4 heterocycles. The van der Waals surface area contributed by atoms with Gasteiger partial charge >= 0.3 is 0 Å². The molecule has 128 valence electrons. The van der Waals surface area contributed by atoms with Gasteiger partial charge in [0, 0.05) is 6.92 Å². The summed E-state index contributed by atoms with van der Waals surface area (Å²) in [6.45, 7) is 9.25. The smallest absolute Gasteiger partial charge is 0.219 e. The van der Waals surface area contributed by atoms with Crippen molar-refractivity contribution in [3.05, 3.63) is 11.8 Å². The Morgan fingerprint density at radius 1 is 0.870 bits per heavy atom. The molecule has 3 saturated heterocycles. The van der Waals surface area contributed by atoms with Crippen LogP contribution in [-0.4, -0.2) is 52.5 Å². The van der Waals surface area contributed by atoms with E-state index in [1.165, 1.54) is 0 Å². The third-order valence-corrected chi connectivity index (χ3v) is 4.19. The largest absolute Gasteiger partial charge is 0.425 e. The molecule has 0 aliphatic carbocycles. The van der Waals surface area contributed by atoms with Crippen LogP contribution >= 0.6 is 0 Å². The number of aryl methyl sites for hydroxylation is 1. The first-order chi connectivity index (χ1) is 10.7. The monoisotopic (exact) mass is 326 g/mol. The Morgan fingerprint density at radius 3 is 2.22 bits per heavy atom. The molecule has 0 aromatic carbocycles. The topological polar surface area (TPSA) is 85.1 Å². The molecule has 4 rings (SSSR count). The number of rotatable bonds is 2. The summed E-state index contributed by atoms with van der Waals surface area (Å²) in [4.78, 5) is 0. The van der Waals surface area contributed by atoms with E-state index < -0.39 is 17.9 Å². The molecule has 1 aromatic heterocycles. The second-order valence-electron chi connectivity index (χ2n) is 7.13. The lowest BCUT2D eigenvalue weighted by atomic mass is 9.97. The zero-order chi connectivity index (χ0) is 16.4. The van der Waals surface area contributed by atoms with Gasteiger partial charge in [-0.15, -0.1) is 10.2 Å². The van der Waals surface area contributed by atoms with Gasteiger partial charge in [-0.2, -0.15) is 0 Å². The van der Waals surface area contributed by atoms with Crippen molar-refractivity contribution in [3.8, 4) is 0 Å². The molecular weight excluding hydrogens is 304 g/mol. The van der Waals surface area contributed by atoms with Gasteiger partial charge in [-0.25, -0.2) is 0 Å². The molecule has 5 atom stereocenters. The van der Waals surface area contributed by atoms with Crippen LogP contribution in [0, 0.1) is 6.92 Å². The van der Waals surface area contributed by atoms with Gasteiger partial charge in [0.1, 0.15) is 18.3 Å². The summed E-state index contributed by atoms with van der Waals surface area (Å²) in [5.41, 5.74) is 0. The fourth-order valence-electron chi connectivity index (χ4n) is 3.45. The maximum absolute atomic E-state index is 6.09. The number of hydrogen-bond acceptors (Lipinski definition) is 8. The highest BCUT2D eigenvalue weighted by atomic mass is 16.9. The van der Waals surface area contributed by atoms with Crippen LogP contribution in [0.25, 0.3) is 0 Å². The van der Waals surface area contributed by atoms with E-state index in [0.29, 0.717) is 18.2 Å². The molecule has 3 aliphatic rings. The van der Waals surface area contributed by atoms with E-state index in [1.54, 1.807) is 6.92 Å². The van der Waals surface area contributed by atoms with Crippen molar-refractivity contribution < 1.29 is 28.1 Å². The van der Waals surface area contributed by atoms with Crippen molar-refractivity contribution in [2.24, 2.45) is 0 Å². The van der Waals surface area contributed by atoms with Crippen LogP contribution < -0.4 is 0 Å². The van der Waals surface area contributed by atoms with Gasteiger partial charge in [0.2, 0.25) is 11.8 Å². The Hall–Kier alpha value is -1.06. The zero-order valence-corrected chi connectivity index (χ0v) is 13.9. The predicted molar refractivity (Wildman–Crippen MR) is 75.3 cm³/mol. The number of aromatic nitrogens is 2. The molecule has 1 aromatic rings. The van der Waals surface area contributed by atoms with Gasteiger partial charge in [0.15, 0.2) is 17.9 Å². The van der Waals surface area contributed by atoms with Gasteiger partial charge < -0.3 is 28.1 Å². The Morgan fingerprint density at radius 2 is 1.52 bits per heavy atom. The molecular formula is C15H22N2O6. The first-order valence-electron chi connectivity index (χ1n) is 7.88. The van der Waals surface area contributed by atoms with Gasteiger partial charge in [-0.05, 0) is 27.7 Å². The van der Waals surface area contributed by atoms with Gasteiger partial charge in [0.25, 0.3) is 0 Å². The summed E-state index contributed by atoms with van der Waals surface area (Å²) >= 11 is 0. The van der Waals surface area contributed by atoms with E-state index in [4.69, 9.17) is 28.1 Å².